The third-order valence-corrected chi connectivity index (χ3v) is 4.21. The van der Waals surface area contributed by atoms with E-state index in [0.717, 1.165) is 11.1 Å². The second kappa shape index (κ2) is 5.51. The maximum atomic E-state index is 12.1. The van der Waals surface area contributed by atoms with Gasteiger partial charge in [0.25, 0.3) is 5.82 Å². The van der Waals surface area contributed by atoms with Crippen molar-refractivity contribution in [2.75, 3.05) is 18.1 Å². The summed E-state index contributed by atoms with van der Waals surface area (Å²) in [6.45, 7) is 6.97. The molecule has 1 saturated heterocycles. The molecule has 1 amide bonds. The number of aliphatic hydroxyl groups excluding tert-OH is 1. The lowest BCUT2D eigenvalue weighted by molar-refractivity contribution is 0.0734. The van der Waals surface area contributed by atoms with Gasteiger partial charge in [-0.1, -0.05) is 18.7 Å². The number of cyclic esters (lactones) is 1. The van der Waals surface area contributed by atoms with Crippen molar-refractivity contribution in [2.24, 2.45) is 0 Å². The van der Waals surface area contributed by atoms with E-state index in [9.17, 15) is 9.90 Å². The summed E-state index contributed by atoms with van der Waals surface area (Å²) in [4.78, 5) is 20.9. The topological polar surface area (TPSA) is 76.2 Å². The molecule has 0 radical (unpaired) electrons. The van der Waals surface area contributed by atoms with Crippen molar-refractivity contribution < 1.29 is 19.4 Å². The summed E-state index contributed by atoms with van der Waals surface area (Å²) in [5.74, 6) is 0.916. The molecule has 0 unspecified atom stereocenters. The first-order valence-corrected chi connectivity index (χ1v) is 7.42. The molecule has 7 heteroatoms. The molecule has 2 atom stereocenters. The molecule has 3 heterocycles. The Labute approximate surface area is 137 Å². The molecular formula is C17H13N3O4. The molecular weight excluding hydrogens is 310 g/mol. The van der Waals surface area contributed by atoms with Crippen LogP contribution < -0.4 is 9.64 Å². The Morgan fingerprint density at radius 2 is 2.17 bits per heavy atom. The number of amides is 1. The maximum absolute atomic E-state index is 12.1. The fourth-order valence-electron chi connectivity index (χ4n) is 2.99. The SMILES string of the molecule is [C-]#[N+]c1ccc(-c2ccc3c(c2)OC[C@H]2[C@H](CO)OC(=O)N32)cn1. The Bertz CT molecular complexity index is 844. The number of fused-ring (bicyclic) bond motifs is 3. The molecule has 2 aromatic rings. The van der Waals surface area contributed by atoms with E-state index in [1.165, 1.54) is 4.90 Å². The summed E-state index contributed by atoms with van der Waals surface area (Å²) < 4.78 is 10.9. The molecule has 0 bridgehead atoms. The minimum atomic E-state index is -0.573. The number of aliphatic hydroxyl groups is 1. The number of rotatable bonds is 2. The van der Waals surface area contributed by atoms with Gasteiger partial charge in [0.2, 0.25) is 0 Å². The Kier molecular flexibility index (Phi) is 3.32. The molecule has 24 heavy (non-hydrogen) atoms. The summed E-state index contributed by atoms with van der Waals surface area (Å²) >= 11 is 0. The van der Waals surface area contributed by atoms with Crippen molar-refractivity contribution in [3.63, 3.8) is 0 Å². The Hall–Kier alpha value is -3.11. The number of benzene rings is 1. The predicted octanol–water partition coefficient (Wildman–Crippen LogP) is 2.38. The molecule has 2 aliphatic heterocycles. The first-order valence-electron chi connectivity index (χ1n) is 7.42. The highest BCUT2D eigenvalue weighted by Crippen LogP contribution is 2.40. The molecule has 1 aromatic carbocycles. The van der Waals surface area contributed by atoms with Gasteiger partial charge in [-0.3, -0.25) is 4.90 Å². The van der Waals surface area contributed by atoms with Crippen molar-refractivity contribution in [3.8, 4) is 16.9 Å². The van der Waals surface area contributed by atoms with Gasteiger partial charge in [-0.05, 0) is 23.8 Å². The third-order valence-electron chi connectivity index (χ3n) is 4.21. The highest BCUT2D eigenvalue weighted by molar-refractivity contribution is 5.94. The number of nitrogens with zero attached hydrogens (tertiary/aromatic N) is 3. The lowest BCUT2D eigenvalue weighted by atomic mass is 10.0. The van der Waals surface area contributed by atoms with Crippen LogP contribution >= 0.6 is 0 Å². The molecule has 1 N–H and O–H groups in total. The van der Waals surface area contributed by atoms with Crippen molar-refractivity contribution >= 4 is 17.6 Å². The Morgan fingerprint density at radius 3 is 2.88 bits per heavy atom. The molecule has 7 nitrogen and oxygen atoms in total. The zero-order valence-corrected chi connectivity index (χ0v) is 12.5. The number of anilines is 1. The molecule has 4 rings (SSSR count). The number of hydrogen-bond donors (Lipinski definition) is 1. The van der Waals surface area contributed by atoms with E-state index < -0.39 is 12.2 Å². The summed E-state index contributed by atoms with van der Waals surface area (Å²) in [6.07, 6.45) is 0.585. The molecule has 1 fully saturated rings. The monoisotopic (exact) mass is 323 g/mol. The van der Waals surface area contributed by atoms with E-state index in [0.29, 0.717) is 17.3 Å². The van der Waals surface area contributed by atoms with Crippen LogP contribution in [0.3, 0.4) is 0 Å². The van der Waals surface area contributed by atoms with Gasteiger partial charge in [-0.2, -0.15) is 0 Å². The van der Waals surface area contributed by atoms with Crippen LogP contribution in [0.25, 0.3) is 16.0 Å². The van der Waals surface area contributed by atoms with Gasteiger partial charge in [0, 0.05) is 5.56 Å². The van der Waals surface area contributed by atoms with Crippen molar-refractivity contribution in [2.45, 2.75) is 12.1 Å². The molecule has 2 aliphatic rings. The zero-order valence-electron chi connectivity index (χ0n) is 12.5. The Balaban J connectivity index is 1.70. The van der Waals surface area contributed by atoms with E-state index in [-0.39, 0.29) is 19.3 Å². The number of aromatic nitrogens is 1. The van der Waals surface area contributed by atoms with Crippen molar-refractivity contribution in [1.29, 1.82) is 0 Å². The van der Waals surface area contributed by atoms with E-state index in [1.807, 2.05) is 18.2 Å². The number of ether oxygens (including phenoxy) is 2. The molecule has 0 aliphatic carbocycles. The predicted molar refractivity (Wildman–Crippen MR) is 85.1 cm³/mol. The van der Waals surface area contributed by atoms with Gasteiger partial charge in [-0.25, -0.2) is 4.79 Å². The normalized spacial score (nSPS) is 21.3. The van der Waals surface area contributed by atoms with Crippen LogP contribution in [0.1, 0.15) is 0 Å². The molecule has 0 saturated carbocycles. The molecule has 1 aromatic heterocycles. The quantitative estimate of drug-likeness (QED) is 0.859. The summed E-state index contributed by atoms with van der Waals surface area (Å²) in [6, 6.07) is 8.64. The first kappa shape index (κ1) is 14.5. The van der Waals surface area contributed by atoms with Gasteiger partial charge in [0.15, 0.2) is 6.10 Å². The lowest BCUT2D eigenvalue weighted by Gasteiger charge is -2.31. The molecule has 0 spiro atoms. The average molecular weight is 323 g/mol. The van der Waals surface area contributed by atoms with Crippen LogP contribution in [0.5, 0.6) is 5.75 Å². The van der Waals surface area contributed by atoms with Crippen LogP contribution in [-0.2, 0) is 4.74 Å². The van der Waals surface area contributed by atoms with E-state index in [4.69, 9.17) is 16.0 Å². The Morgan fingerprint density at radius 1 is 1.33 bits per heavy atom. The minimum Gasteiger partial charge on any atom is -0.489 e. The van der Waals surface area contributed by atoms with Crippen LogP contribution in [0, 0.1) is 6.57 Å². The largest absolute Gasteiger partial charge is 0.489 e. The van der Waals surface area contributed by atoms with E-state index in [1.54, 1.807) is 18.3 Å². The number of carbonyl (C=O) groups is 1. The second-order valence-electron chi connectivity index (χ2n) is 5.55. The standard InChI is InChI=1S/C17H13N3O4/c1-18-16-5-3-11(7-19-16)10-2-4-12-14(6-10)23-9-13-15(8-21)24-17(22)20(12)13/h2-7,13,15,21H,8-9H2/t13-,15-/m0/s1. The zero-order chi connectivity index (χ0) is 16.7. The van der Waals surface area contributed by atoms with Gasteiger partial charge >= 0.3 is 6.09 Å². The van der Waals surface area contributed by atoms with Crippen LogP contribution in [0.4, 0.5) is 16.3 Å². The minimum absolute atomic E-state index is 0.233. The highest BCUT2D eigenvalue weighted by Gasteiger charge is 2.46. The average Bonchev–Trinajstić information content (AvgIpc) is 2.97. The van der Waals surface area contributed by atoms with Gasteiger partial charge < -0.3 is 19.4 Å². The van der Waals surface area contributed by atoms with Crippen LogP contribution in [-0.4, -0.2) is 41.5 Å². The maximum Gasteiger partial charge on any atom is 0.415 e. The first-order chi connectivity index (χ1) is 11.7. The summed E-state index contributed by atoms with van der Waals surface area (Å²) in [7, 11) is 0. The fraction of sp³-hybridized carbons (Fsp3) is 0.235. The number of pyridine rings is 1. The molecule has 120 valence electrons. The smallest absolute Gasteiger partial charge is 0.415 e. The summed E-state index contributed by atoms with van der Waals surface area (Å²) in [5, 5.41) is 9.32. The number of carbonyl (C=O) groups excluding carboxylic acids is 1. The summed E-state index contributed by atoms with van der Waals surface area (Å²) in [5.41, 5.74) is 2.36. The van der Waals surface area contributed by atoms with Gasteiger partial charge in [0.05, 0.1) is 12.3 Å². The van der Waals surface area contributed by atoms with E-state index >= 15 is 0 Å². The van der Waals surface area contributed by atoms with Gasteiger partial charge in [0.1, 0.15) is 24.6 Å². The van der Waals surface area contributed by atoms with Crippen molar-refractivity contribution in [3.05, 3.63) is 47.9 Å². The lowest BCUT2D eigenvalue weighted by Crippen LogP contribution is -2.45. The highest BCUT2D eigenvalue weighted by atomic mass is 16.6. The van der Waals surface area contributed by atoms with Crippen molar-refractivity contribution in [1.82, 2.24) is 4.98 Å². The van der Waals surface area contributed by atoms with Gasteiger partial charge in [-0.15, -0.1) is 4.98 Å². The third kappa shape index (κ3) is 2.16. The van der Waals surface area contributed by atoms with Crippen LogP contribution in [0.2, 0.25) is 0 Å². The van der Waals surface area contributed by atoms with Crippen LogP contribution in [0.15, 0.2) is 36.5 Å². The second-order valence-corrected chi connectivity index (χ2v) is 5.55. The number of hydrogen-bond acceptors (Lipinski definition) is 5. The van der Waals surface area contributed by atoms with E-state index in [2.05, 4.69) is 9.83 Å². The fourth-order valence-corrected chi connectivity index (χ4v) is 2.99.